The maximum Gasteiger partial charge on any atom is 0.189 e. The van der Waals surface area contributed by atoms with Crippen molar-refractivity contribution in [2.75, 3.05) is 6.54 Å². The average Bonchev–Trinajstić information content (AvgIpc) is 2.55. The zero-order chi connectivity index (χ0) is 15.8. The van der Waals surface area contributed by atoms with Crippen LogP contribution in [0.2, 0.25) is 0 Å². The van der Waals surface area contributed by atoms with Crippen molar-refractivity contribution in [3.05, 3.63) is 76.3 Å². The maximum atomic E-state index is 12.5. The lowest BCUT2D eigenvalue weighted by molar-refractivity contribution is 0.104. The Morgan fingerprint density at radius 1 is 1.09 bits per heavy atom. The highest BCUT2D eigenvalue weighted by Crippen LogP contribution is 2.19. The van der Waals surface area contributed by atoms with E-state index in [9.17, 15) is 4.79 Å². The molecular weight excluding hydrogens is 338 g/mol. The molecular formula is C19H20BrNO. The van der Waals surface area contributed by atoms with Gasteiger partial charge in [-0.2, -0.15) is 0 Å². The molecule has 0 saturated heterocycles. The molecule has 0 aromatic heterocycles. The smallest absolute Gasteiger partial charge is 0.189 e. The van der Waals surface area contributed by atoms with Crippen molar-refractivity contribution in [3.8, 4) is 0 Å². The molecule has 0 saturated carbocycles. The summed E-state index contributed by atoms with van der Waals surface area (Å²) in [7, 11) is 0. The number of carbonyl (C=O) groups excluding carboxylic acids is 1. The lowest BCUT2D eigenvalue weighted by atomic mass is 10.1. The monoisotopic (exact) mass is 357 g/mol. The summed E-state index contributed by atoms with van der Waals surface area (Å²) in [5.74, 6) is -0.00433. The predicted molar refractivity (Wildman–Crippen MR) is 95.8 cm³/mol. The van der Waals surface area contributed by atoms with Crippen LogP contribution in [0, 0.1) is 0 Å². The Bertz CT molecular complexity index is 649. The van der Waals surface area contributed by atoms with E-state index < -0.39 is 0 Å². The predicted octanol–water partition coefficient (Wildman–Crippen LogP) is 5.06. The molecule has 0 aliphatic rings. The molecule has 0 unspecified atom stereocenters. The van der Waals surface area contributed by atoms with Crippen LogP contribution in [0.15, 0.2) is 65.1 Å². The van der Waals surface area contributed by atoms with Gasteiger partial charge in [-0.15, -0.1) is 0 Å². The van der Waals surface area contributed by atoms with Crippen LogP contribution in [0.3, 0.4) is 0 Å². The van der Waals surface area contributed by atoms with Crippen molar-refractivity contribution in [1.29, 1.82) is 0 Å². The molecule has 0 aliphatic heterocycles. The molecule has 1 N–H and O–H groups in total. The van der Waals surface area contributed by atoms with Gasteiger partial charge in [-0.3, -0.25) is 4.79 Å². The van der Waals surface area contributed by atoms with Gasteiger partial charge in [0.25, 0.3) is 0 Å². The van der Waals surface area contributed by atoms with Gasteiger partial charge in [0.2, 0.25) is 0 Å². The first-order valence-electron chi connectivity index (χ1n) is 7.52. The number of nitrogens with one attached hydrogen (secondary N) is 1. The number of benzene rings is 2. The second-order valence-electron chi connectivity index (χ2n) is 5.05. The van der Waals surface area contributed by atoms with Gasteiger partial charge in [0.05, 0.1) is 0 Å². The van der Waals surface area contributed by atoms with E-state index in [2.05, 4.69) is 28.2 Å². The van der Waals surface area contributed by atoms with E-state index in [0.717, 1.165) is 35.1 Å². The maximum absolute atomic E-state index is 12.5. The number of unbranched alkanes of at least 4 members (excludes halogenated alkanes) is 1. The third-order valence-electron chi connectivity index (χ3n) is 3.35. The minimum Gasteiger partial charge on any atom is -0.384 e. The molecule has 0 spiro atoms. The van der Waals surface area contributed by atoms with E-state index in [4.69, 9.17) is 0 Å². The topological polar surface area (TPSA) is 29.1 Å². The highest BCUT2D eigenvalue weighted by molar-refractivity contribution is 9.10. The van der Waals surface area contributed by atoms with Gasteiger partial charge in [-0.25, -0.2) is 0 Å². The summed E-state index contributed by atoms with van der Waals surface area (Å²) in [6.45, 7) is 3.01. The van der Waals surface area contributed by atoms with Crippen LogP contribution in [0.25, 0.3) is 5.70 Å². The first-order valence-corrected chi connectivity index (χ1v) is 8.31. The van der Waals surface area contributed by atoms with Crippen molar-refractivity contribution >= 4 is 27.4 Å². The van der Waals surface area contributed by atoms with Gasteiger partial charge in [-0.1, -0.05) is 71.7 Å². The first kappa shape index (κ1) is 16.5. The summed E-state index contributed by atoms with van der Waals surface area (Å²) in [6.07, 6.45) is 3.88. The summed E-state index contributed by atoms with van der Waals surface area (Å²) in [4.78, 5) is 12.5. The number of allylic oxidation sites excluding steroid dienone is 1. The Balaban J connectivity index is 2.27. The Morgan fingerprint density at radius 2 is 1.77 bits per heavy atom. The Hall–Kier alpha value is -1.87. The number of hydrogen-bond acceptors (Lipinski definition) is 2. The third kappa shape index (κ3) is 4.57. The number of halogens is 1. The normalized spacial score (nSPS) is 11.3. The summed E-state index contributed by atoms with van der Waals surface area (Å²) >= 11 is 3.44. The minimum atomic E-state index is -0.00433. The quantitative estimate of drug-likeness (QED) is 0.426. The van der Waals surface area contributed by atoms with Gasteiger partial charge in [0.1, 0.15) is 0 Å². The first-order chi connectivity index (χ1) is 10.7. The lowest BCUT2D eigenvalue weighted by Crippen LogP contribution is -2.15. The van der Waals surface area contributed by atoms with Crippen LogP contribution in [0.5, 0.6) is 0 Å². The van der Waals surface area contributed by atoms with Crippen LogP contribution in [0.1, 0.15) is 35.7 Å². The SMILES string of the molecule is CCCCN/C(=C/C(=O)c1ccccc1Br)c1ccccc1. The van der Waals surface area contributed by atoms with E-state index in [1.807, 2.05) is 54.6 Å². The van der Waals surface area contributed by atoms with Crippen LogP contribution in [0.4, 0.5) is 0 Å². The molecule has 0 fully saturated rings. The fourth-order valence-corrected chi connectivity index (χ4v) is 2.60. The van der Waals surface area contributed by atoms with E-state index in [-0.39, 0.29) is 5.78 Å². The molecule has 0 bridgehead atoms. The van der Waals surface area contributed by atoms with Crippen LogP contribution in [-0.4, -0.2) is 12.3 Å². The van der Waals surface area contributed by atoms with Crippen LogP contribution < -0.4 is 5.32 Å². The van der Waals surface area contributed by atoms with Gasteiger partial charge in [0.15, 0.2) is 5.78 Å². The Morgan fingerprint density at radius 3 is 2.45 bits per heavy atom. The summed E-state index contributed by atoms with van der Waals surface area (Å²) in [5.41, 5.74) is 2.57. The zero-order valence-electron chi connectivity index (χ0n) is 12.7. The molecule has 0 aliphatic carbocycles. The molecule has 3 heteroatoms. The number of rotatable bonds is 7. The van der Waals surface area contributed by atoms with E-state index in [0.29, 0.717) is 5.56 Å². The molecule has 0 radical (unpaired) electrons. The molecule has 0 amide bonds. The molecule has 2 aromatic carbocycles. The number of carbonyl (C=O) groups is 1. The van der Waals surface area contributed by atoms with Crippen molar-refractivity contribution in [2.24, 2.45) is 0 Å². The van der Waals surface area contributed by atoms with E-state index >= 15 is 0 Å². The molecule has 2 nitrogen and oxygen atoms in total. The van der Waals surface area contributed by atoms with Crippen molar-refractivity contribution in [3.63, 3.8) is 0 Å². The van der Waals surface area contributed by atoms with Gasteiger partial charge in [0, 0.05) is 28.4 Å². The number of ketones is 1. The molecule has 22 heavy (non-hydrogen) atoms. The van der Waals surface area contributed by atoms with E-state index in [1.165, 1.54) is 0 Å². The van der Waals surface area contributed by atoms with Gasteiger partial charge < -0.3 is 5.32 Å². The molecule has 114 valence electrons. The van der Waals surface area contributed by atoms with Crippen molar-refractivity contribution < 1.29 is 4.79 Å². The zero-order valence-corrected chi connectivity index (χ0v) is 14.3. The van der Waals surface area contributed by atoms with Crippen molar-refractivity contribution in [1.82, 2.24) is 5.32 Å². The lowest BCUT2D eigenvalue weighted by Gasteiger charge is -2.11. The van der Waals surface area contributed by atoms with Crippen LogP contribution >= 0.6 is 15.9 Å². The van der Waals surface area contributed by atoms with Crippen LogP contribution in [-0.2, 0) is 0 Å². The second-order valence-corrected chi connectivity index (χ2v) is 5.90. The molecule has 2 aromatic rings. The summed E-state index contributed by atoms with van der Waals surface area (Å²) < 4.78 is 0.817. The van der Waals surface area contributed by atoms with Gasteiger partial charge in [-0.05, 0) is 24.1 Å². The van der Waals surface area contributed by atoms with Crippen molar-refractivity contribution in [2.45, 2.75) is 19.8 Å². The fraction of sp³-hybridized carbons (Fsp3) is 0.211. The Kier molecular flexibility index (Phi) is 6.41. The summed E-state index contributed by atoms with van der Waals surface area (Å²) in [6, 6.07) is 17.5. The third-order valence-corrected chi connectivity index (χ3v) is 4.04. The molecule has 0 heterocycles. The largest absolute Gasteiger partial charge is 0.384 e. The molecule has 0 atom stereocenters. The van der Waals surface area contributed by atoms with Gasteiger partial charge >= 0.3 is 0 Å². The second kappa shape index (κ2) is 8.54. The minimum absolute atomic E-state index is 0.00433. The average molecular weight is 358 g/mol. The highest BCUT2D eigenvalue weighted by atomic mass is 79.9. The van der Waals surface area contributed by atoms with E-state index in [1.54, 1.807) is 6.08 Å². The highest BCUT2D eigenvalue weighted by Gasteiger charge is 2.09. The Labute approximate surface area is 140 Å². The fourth-order valence-electron chi connectivity index (χ4n) is 2.12. The number of hydrogen-bond donors (Lipinski definition) is 1. The molecule has 2 rings (SSSR count). The summed E-state index contributed by atoms with van der Waals surface area (Å²) in [5, 5.41) is 3.38. The standard InChI is InChI=1S/C19H20BrNO/c1-2-3-13-21-18(15-9-5-4-6-10-15)14-19(22)16-11-7-8-12-17(16)20/h4-12,14,21H,2-3,13H2,1H3/b18-14+.